The van der Waals surface area contributed by atoms with Gasteiger partial charge in [0.05, 0.1) is 56.0 Å². The van der Waals surface area contributed by atoms with Crippen LogP contribution in [0.4, 0.5) is 0 Å². The largest absolute Gasteiger partial charge is 0.390 e. The molecule has 0 spiro atoms. The molecule has 0 aromatic heterocycles. The Hall–Kier alpha value is -1.18. The van der Waals surface area contributed by atoms with Crippen LogP contribution in [0.2, 0.25) is 0 Å². The maximum Gasteiger partial charge on any atom is 0.0800 e. The van der Waals surface area contributed by atoms with Gasteiger partial charge in [0, 0.05) is 0 Å². The van der Waals surface area contributed by atoms with Crippen LogP contribution in [-0.4, -0.2) is 107 Å². The van der Waals surface area contributed by atoms with Crippen molar-refractivity contribution < 1.29 is 51.1 Å². The molecule has 0 amide bonds. The van der Waals surface area contributed by atoms with E-state index in [9.17, 15) is 51.1 Å². The minimum Gasteiger partial charge on any atom is -0.390 e. The van der Waals surface area contributed by atoms with E-state index in [1.54, 1.807) is 13.0 Å². The van der Waals surface area contributed by atoms with E-state index in [1.165, 1.54) is 11.1 Å². The Kier molecular flexibility index (Phi) is 30.5. The molecule has 0 saturated carbocycles. The summed E-state index contributed by atoms with van der Waals surface area (Å²) in [6, 6.07) is 0. The Morgan fingerprint density at radius 3 is 0.714 bits per heavy atom. The van der Waals surface area contributed by atoms with E-state index in [4.69, 9.17) is 0 Å². The standard InChI is InChI=1S/C60H116O10/c1-15-51(5,61)30-17-28-50(4)29-18-32-53(7,63)34-20-36-55(9,65)38-22-40-57(11,67)42-24-44-59(13,69)46-26-48-60(14,70)47-25-45-58(12,68)43-23-41-56(10,66)39-21-37-54(8,64)35-19-33-52(6,62)31-16-27-49(2)3/h15,27-28,61-70H,1,16-26,29-48H2,2-14H3. The van der Waals surface area contributed by atoms with Crippen molar-refractivity contribution in [2.75, 3.05) is 0 Å². The maximum absolute atomic E-state index is 11.2. The van der Waals surface area contributed by atoms with Crippen molar-refractivity contribution in [1.29, 1.82) is 0 Å². The van der Waals surface area contributed by atoms with Crippen molar-refractivity contribution in [2.24, 2.45) is 0 Å². The van der Waals surface area contributed by atoms with Crippen molar-refractivity contribution in [2.45, 2.75) is 345 Å². The van der Waals surface area contributed by atoms with Gasteiger partial charge in [-0.3, -0.25) is 0 Å². The van der Waals surface area contributed by atoms with E-state index < -0.39 is 56.0 Å². The Morgan fingerprint density at radius 2 is 0.500 bits per heavy atom. The van der Waals surface area contributed by atoms with E-state index in [0.29, 0.717) is 167 Å². The van der Waals surface area contributed by atoms with E-state index in [-0.39, 0.29) is 0 Å². The molecule has 416 valence electrons. The summed E-state index contributed by atoms with van der Waals surface area (Å²) in [5.41, 5.74) is -6.18. The average molecular weight is 998 g/mol. The second kappa shape index (κ2) is 31.0. The van der Waals surface area contributed by atoms with Crippen LogP contribution >= 0.6 is 0 Å². The van der Waals surface area contributed by atoms with Gasteiger partial charge in [-0.2, -0.15) is 0 Å². The van der Waals surface area contributed by atoms with E-state index in [0.717, 1.165) is 32.1 Å². The normalized spacial score (nSPS) is 21.3. The van der Waals surface area contributed by atoms with Gasteiger partial charge in [-0.15, -0.1) is 6.58 Å². The molecule has 0 aromatic carbocycles. The van der Waals surface area contributed by atoms with E-state index in [1.807, 2.05) is 62.3 Å². The fourth-order valence-electron chi connectivity index (χ4n) is 10.2. The van der Waals surface area contributed by atoms with Crippen LogP contribution in [0.15, 0.2) is 36.0 Å². The predicted octanol–water partition coefficient (Wildman–Crippen LogP) is 12.7. The zero-order valence-corrected chi connectivity index (χ0v) is 47.8. The van der Waals surface area contributed by atoms with Crippen molar-refractivity contribution in [3.05, 3.63) is 36.0 Å². The van der Waals surface area contributed by atoms with Gasteiger partial charge in [0.25, 0.3) is 0 Å². The summed E-state index contributed by atoms with van der Waals surface area (Å²) in [5, 5.41) is 110. The molecule has 10 N–H and O–H groups in total. The first-order valence-corrected chi connectivity index (χ1v) is 27.9. The van der Waals surface area contributed by atoms with E-state index >= 15 is 0 Å². The van der Waals surface area contributed by atoms with Gasteiger partial charge >= 0.3 is 0 Å². The third-order valence-electron chi connectivity index (χ3n) is 15.6. The lowest BCUT2D eigenvalue weighted by atomic mass is 9.83. The molecule has 0 aromatic rings. The molecular formula is C60H116O10. The first-order valence-electron chi connectivity index (χ1n) is 27.9. The molecule has 0 aliphatic rings. The molecule has 0 bridgehead atoms. The number of hydrogen-bond donors (Lipinski definition) is 10. The first kappa shape index (κ1) is 68.8. The summed E-state index contributed by atoms with van der Waals surface area (Å²) in [5.74, 6) is 0. The molecule has 0 rings (SSSR count). The summed E-state index contributed by atoms with van der Waals surface area (Å²) < 4.78 is 0. The van der Waals surface area contributed by atoms with Crippen LogP contribution in [0.1, 0.15) is 289 Å². The molecule has 0 aliphatic heterocycles. The Labute approximate surface area is 430 Å². The van der Waals surface area contributed by atoms with Gasteiger partial charge in [0.2, 0.25) is 0 Å². The molecule has 0 fully saturated rings. The number of allylic oxidation sites excluding steroid dienone is 4. The predicted molar refractivity (Wildman–Crippen MR) is 293 cm³/mol. The summed E-state index contributed by atoms with van der Waals surface area (Å²) in [7, 11) is 0. The molecule has 10 unspecified atom stereocenters. The smallest absolute Gasteiger partial charge is 0.0800 e. The van der Waals surface area contributed by atoms with Crippen LogP contribution in [-0.2, 0) is 0 Å². The topological polar surface area (TPSA) is 202 Å². The number of aliphatic hydroxyl groups is 10. The van der Waals surface area contributed by atoms with Gasteiger partial charge in [-0.05, 0) is 289 Å². The third-order valence-corrected chi connectivity index (χ3v) is 15.6. The van der Waals surface area contributed by atoms with Crippen molar-refractivity contribution >= 4 is 0 Å². The summed E-state index contributed by atoms with van der Waals surface area (Å²) in [6.45, 7) is 28.2. The highest BCUT2D eigenvalue weighted by atomic mass is 16.3. The minimum atomic E-state index is -0.920. The summed E-state index contributed by atoms with van der Waals surface area (Å²) >= 11 is 0. The molecule has 0 aliphatic carbocycles. The average Bonchev–Trinajstić information content (AvgIpc) is 3.16. The fraction of sp³-hybridized carbons (Fsp3) is 0.900. The van der Waals surface area contributed by atoms with Crippen LogP contribution in [0, 0.1) is 0 Å². The molecular weight excluding hydrogens is 881 g/mol. The SMILES string of the molecule is C=CC(C)(O)CCC=C(C)CCCC(C)(O)CCCC(C)(O)CCCC(C)(O)CCCC(C)(O)CCCC(C)(O)CCCC(C)(O)CCCC(C)(O)CCCC(C)(O)CCCC(C)(O)CCC=C(C)C. The van der Waals surface area contributed by atoms with E-state index in [2.05, 4.69) is 39.5 Å². The maximum atomic E-state index is 11.2. The summed E-state index contributed by atoms with van der Waals surface area (Å²) in [6.07, 6.45) is 25.8. The van der Waals surface area contributed by atoms with Crippen molar-refractivity contribution in [3.63, 3.8) is 0 Å². The zero-order chi connectivity index (χ0) is 54.2. The zero-order valence-electron chi connectivity index (χ0n) is 47.8. The van der Waals surface area contributed by atoms with Gasteiger partial charge in [0.1, 0.15) is 0 Å². The summed E-state index contributed by atoms with van der Waals surface area (Å²) in [4.78, 5) is 0. The van der Waals surface area contributed by atoms with Gasteiger partial charge in [-0.25, -0.2) is 0 Å². The van der Waals surface area contributed by atoms with Crippen LogP contribution < -0.4 is 0 Å². The lowest BCUT2D eigenvalue weighted by molar-refractivity contribution is -0.00889. The molecule has 0 radical (unpaired) electrons. The Balaban J connectivity index is 4.45. The molecule has 10 heteroatoms. The fourth-order valence-corrected chi connectivity index (χ4v) is 10.2. The highest BCUT2D eigenvalue weighted by Crippen LogP contribution is 2.34. The second-order valence-corrected chi connectivity index (χ2v) is 26.1. The number of hydrogen-bond acceptors (Lipinski definition) is 10. The van der Waals surface area contributed by atoms with Crippen molar-refractivity contribution in [3.8, 4) is 0 Å². The van der Waals surface area contributed by atoms with Crippen LogP contribution in [0.25, 0.3) is 0 Å². The molecule has 0 saturated heterocycles. The minimum absolute atomic E-state index is 0.536. The van der Waals surface area contributed by atoms with Crippen molar-refractivity contribution in [1.82, 2.24) is 0 Å². The van der Waals surface area contributed by atoms with Gasteiger partial charge in [0.15, 0.2) is 0 Å². The Bertz CT molecular complexity index is 1480. The molecule has 10 atom stereocenters. The van der Waals surface area contributed by atoms with Crippen LogP contribution in [0.5, 0.6) is 0 Å². The molecule has 70 heavy (non-hydrogen) atoms. The molecule has 0 heterocycles. The second-order valence-electron chi connectivity index (χ2n) is 26.1. The highest BCUT2D eigenvalue weighted by molar-refractivity contribution is 5.01. The molecule has 10 nitrogen and oxygen atoms in total. The van der Waals surface area contributed by atoms with Crippen LogP contribution in [0.3, 0.4) is 0 Å². The Morgan fingerprint density at radius 1 is 0.300 bits per heavy atom. The number of rotatable bonds is 43. The van der Waals surface area contributed by atoms with Gasteiger partial charge in [-0.1, -0.05) is 29.4 Å². The first-order chi connectivity index (χ1) is 31.7. The monoisotopic (exact) mass is 997 g/mol. The lowest BCUT2D eigenvalue weighted by Crippen LogP contribution is -2.31. The van der Waals surface area contributed by atoms with Gasteiger partial charge < -0.3 is 51.1 Å². The lowest BCUT2D eigenvalue weighted by Gasteiger charge is -2.31. The quantitative estimate of drug-likeness (QED) is 0.0262. The third kappa shape index (κ3) is 38.4. The highest BCUT2D eigenvalue weighted by Gasteiger charge is 2.31.